The summed E-state index contributed by atoms with van der Waals surface area (Å²) < 4.78 is 34.0. The molecular formula is C7H7KO4S2. The van der Waals surface area contributed by atoms with Crippen LogP contribution in [0.3, 0.4) is 0 Å². The minimum Gasteiger partial charge on any atom is -0.725 e. The van der Waals surface area contributed by atoms with Crippen LogP contribution in [0.4, 0.5) is 0 Å². The second kappa shape index (κ2) is 7.37. The summed E-state index contributed by atoms with van der Waals surface area (Å²) in [6.07, 6.45) is 0. The van der Waals surface area contributed by atoms with Gasteiger partial charge in [0, 0.05) is 17.8 Å². The van der Waals surface area contributed by atoms with E-state index in [9.17, 15) is 13.0 Å². The van der Waals surface area contributed by atoms with E-state index in [-0.39, 0.29) is 51.4 Å². The van der Waals surface area contributed by atoms with Gasteiger partial charge in [0.15, 0.2) is 0 Å². The maximum atomic E-state index is 10.0. The van der Waals surface area contributed by atoms with E-state index in [1.54, 1.807) is 0 Å². The third kappa shape index (κ3) is 7.38. The standard InChI is InChI=1S/C7H8O4S2.K/c8-13(9,10)11-12-6-7-4-2-1-3-5-7;/h1-5H,6H2,(H,8,9,10);/q;+1/p-1. The van der Waals surface area contributed by atoms with Gasteiger partial charge in [-0.05, 0) is 5.56 Å². The van der Waals surface area contributed by atoms with Crippen molar-refractivity contribution in [3.05, 3.63) is 35.9 Å². The molecule has 4 nitrogen and oxygen atoms in total. The Hall–Kier alpha value is 1.08. The van der Waals surface area contributed by atoms with E-state index in [4.69, 9.17) is 0 Å². The Labute approximate surface area is 130 Å². The molecule has 0 aromatic heterocycles. The van der Waals surface area contributed by atoms with Gasteiger partial charge < -0.3 is 4.55 Å². The van der Waals surface area contributed by atoms with E-state index in [1.807, 2.05) is 30.3 Å². The van der Waals surface area contributed by atoms with Crippen molar-refractivity contribution in [1.29, 1.82) is 0 Å². The van der Waals surface area contributed by atoms with E-state index in [0.29, 0.717) is 17.8 Å². The van der Waals surface area contributed by atoms with E-state index in [0.717, 1.165) is 5.56 Å². The van der Waals surface area contributed by atoms with Gasteiger partial charge in [0.05, 0.1) is 0 Å². The average molecular weight is 258 g/mol. The van der Waals surface area contributed by atoms with Crippen molar-refractivity contribution in [3.8, 4) is 0 Å². The summed E-state index contributed by atoms with van der Waals surface area (Å²) in [5.41, 5.74) is 0.899. The summed E-state index contributed by atoms with van der Waals surface area (Å²) in [5, 5.41) is 0. The van der Waals surface area contributed by atoms with E-state index in [2.05, 4.69) is 3.63 Å². The largest absolute Gasteiger partial charge is 1.00 e. The molecule has 0 unspecified atom stereocenters. The quantitative estimate of drug-likeness (QED) is 0.279. The summed E-state index contributed by atoms with van der Waals surface area (Å²) in [4.78, 5) is 0. The van der Waals surface area contributed by atoms with Gasteiger partial charge in [-0.15, -0.1) is 0 Å². The fraction of sp³-hybridized carbons (Fsp3) is 0.143. The molecule has 0 spiro atoms. The molecule has 0 amide bonds. The van der Waals surface area contributed by atoms with Gasteiger partial charge >= 0.3 is 51.4 Å². The molecule has 72 valence electrons. The topological polar surface area (TPSA) is 66.4 Å². The SMILES string of the molecule is O=S(=O)([O-])OSCc1ccccc1.[K+]. The van der Waals surface area contributed by atoms with Crippen LogP contribution in [-0.4, -0.2) is 13.0 Å². The van der Waals surface area contributed by atoms with E-state index in [1.165, 1.54) is 0 Å². The van der Waals surface area contributed by atoms with Crippen LogP contribution in [0.15, 0.2) is 30.3 Å². The van der Waals surface area contributed by atoms with Gasteiger partial charge in [-0.25, -0.2) is 12.0 Å². The van der Waals surface area contributed by atoms with Crippen molar-refractivity contribution >= 4 is 22.4 Å². The summed E-state index contributed by atoms with van der Waals surface area (Å²) in [6.45, 7) is 0. The number of rotatable bonds is 4. The number of hydrogen-bond acceptors (Lipinski definition) is 5. The molecule has 0 aliphatic rings. The Balaban J connectivity index is 0.00000169. The monoisotopic (exact) mass is 258 g/mol. The maximum Gasteiger partial charge on any atom is 1.00 e. The zero-order valence-corrected chi connectivity index (χ0v) is 12.3. The Morgan fingerprint density at radius 2 is 1.86 bits per heavy atom. The third-order valence-electron chi connectivity index (χ3n) is 1.20. The molecule has 0 radical (unpaired) electrons. The van der Waals surface area contributed by atoms with Gasteiger partial charge in [-0.2, -0.15) is 0 Å². The Morgan fingerprint density at radius 1 is 1.29 bits per heavy atom. The predicted octanol–water partition coefficient (Wildman–Crippen LogP) is -1.68. The van der Waals surface area contributed by atoms with Crippen LogP contribution in [0.5, 0.6) is 0 Å². The number of benzene rings is 1. The van der Waals surface area contributed by atoms with E-state index < -0.39 is 10.4 Å². The summed E-state index contributed by atoms with van der Waals surface area (Å²) in [5.74, 6) is 0.336. The normalized spacial score (nSPS) is 10.6. The first kappa shape index (κ1) is 15.1. The van der Waals surface area contributed by atoms with Crippen LogP contribution in [0.2, 0.25) is 0 Å². The van der Waals surface area contributed by atoms with Gasteiger partial charge in [0.25, 0.3) is 0 Å². The van der Waals surface area contributed by atoms with Crippen LogP contribution < -0.4 is 51.4 Å². The molecule has 0 fully saturated rings. The Kier molecular flexibility index (Phi) is 7.93. The zero-order chi connectivity index (χ0) is 9.73. The van der Waals surface area contributed by atoms with Crippen LogP contribution in [0.25, 0.3) is 0 Å². The molecule has 0 bridgehead atoms. The molecular weight excluding hydrogens is 251 g/mol. The molecule has 0 N–H and O–H groups in total. The fourth-order valence-corrected chi connectivity index (χ4v) is 1.72. The van der Waals surface area contributed by atoms with Crippen molar-refractivity contribution in [2.75, 3.05) is 0 Å². The smallest absolute Gasteiger partial charge is 0.725 e. The first-order chi connectivity index (χ1) is 6.08. The minimum absolute atomic E-state index is 0. The van der Waals surface area contributed by atoms with Crippen LogP contribution in [-0.2, 0) is 19.8 Å². The van der Waals surface area contributed by atoms with Gasteiger partial charge in [0.1, 0.15) is 0 Å². The fourth-order valence-electron chi connectivity index (χ4n) is 0.725. The van der Waals surface area contributed by atoms with Gasteiger partial charge in [-0.3, -0.25) is 0 Å². The summed E-state index contributed by atoms with van der Waals surface area (Å²) in [6, 6.07) is 9.12. The van der Waals surface area contributed by atoms with Crippen molar-refractivity contribution in [3.63, 3.8) is 0 Å². The van der Waals surface area contributed by atoms with Gasteiger partial charge in [-0.1, -0.05) is 30.3 Å². The van der Waals surface area contributed by atoms with Crippen LogP contribution in [0, 0.1) is 0 Å². The molecule has 0 aliphatic carbocycles. The summed E-state index contributed by atoms with van der Waals surface area (Å²) >= 11 is 0.613. The van der Waals surface area contributed by atoms with Crippen molar-refractivity contribution in [1.82, 2.24) is 0 Å². The molecule has 1 aromatic rings. The minimum atomic E-state index is -4.58. The Bertz CT molecular complexity index is 351. The molecule has 14 heavy (non-hydrogen) atoms. The van der Waals surface area contributed by atoms with Crippen molar-refractivity contribution in [2.45, 2.75) is 5.75 Å². The molecule has 0 saturated carbocycles. The molecule has 1 rings (SSSR count). The molecule has 0 heterocycles. The maximum absolute atomic E-state index is 10.0. The average Bonchev–Trinajstić information content (AvgIpc) is 2.04. The van der Waals surface area contributed by atoms with Crippen molar-refractivity contribution in [2.24, 2.45) is 0 Å². The summed E-state index contributed by atoms with van der Waals surface area (Å²) in [7, 11) is -4.58. The Morgan fingerprint density at radius 3 is 2.36 bits per heavy atom. The molecule has 7 heteroatoms. The molecule has 0 saturated heterocycles. The van der Waals surface area contributed by atoms with E-state index >= 15 is 0 Å². The second-order valence-electron chi connectivity index (χ2n) is 2.22. The molecule has 1 aromatic carbocycles. The van der Waals surface area contributed by atoms with Gasteiger partial charge in [0.2, 0.25) is 10.4 Å². The molecule has 0 atom stereocenters. The van der Waals surface area contributed by atoms with Crippen LogP contribution in [0.1, 0.15) is 5.56 Å². The molecule has 0 aliphatic heterocycles. The van der Waals surface area contributed by atoms with Crippen molar-refractivity contribution < 1.29 is 68.0 Å². The van der Waals surface area contributed by atoms with Crippen LogP contribution >= 0.6 is 12.0 Å². The zero-order valence-electron chi connectivity index (χ0n) is 7.54. The third-order valence-corrected chi connectivity index (χ3v) is 2.70. The first-order valence-corrected chi connectivity index (χ1v) is 5.63. The number of hydrogen-bond donors (Lipinski definition) is 0. The predicted molar refractivity (Wildman–Crippen MR) is 48.5 cm³/mol. The first-order valence-electron chi connectivity index (χ1n) is 3.39. The second-order valence-corrected chi connectivity index (χ2v) is 4.11.